The second-order valence-corrected chi connectivity index (χ2v) is 6.40. The summed E-state index contributed by atoms with van der Waals surface area (Å²) in [6, 6.07) is 13.7. The molecule has 0 bridgehead atoms. The monoisotopic (exact) mass is 345 g/mol. The van der Waals surface area contributed by atoms with Crippen molar-refractivity contribution >= 4 is 0 Å². The molecule has 5 nitrogen and oxygen atoms in total. The van der Waals surface area contributed by atoms with Gasteiger partial charge in [0.2, 0.25) is 0 Å². The first-order valence-corrected chi connectivity index (χ1v) is 8.21. The van der Waals surface area contributed by atoms with Crippen molar-refractivity contribution in [2.75, 3.05) is 21.3 Å². The Labute approximate surface area is 149 Å². The molecule has 5 heteroatoms. The summed E-state index contributed by atoms with van der Waals surface area (Å²) in [5.41, 5.74) is 7.40. The molecule has 2 aromatic rings. The average Bonchev–Trinajstić information content (AvgIpc) is 2.60. The van der Waals surface area contributed by atoms with E-state index in [2.05, 4.69) is 6.92 Å². The molecule has 0 aliphatic carbocycles. The van der Waals surface area contributed by atoms with Gasteiger partial charge in [-0.2, -0.15) is 0 Å². The second kappa shape index (κ2) is 8.23. The van der Waals surface area contributed by atoms with Crippen molar-refractivity contribution in [3.63, 3.8) is 0 Å². The number of rotatable bonds is 8. The molecule has 136 valence electrons. The van der Waals surface area contributed by atoms with Crippen LogP contribution in [0.1, 0.15) is 24.5 Å². The highest BCUT2D eigenvalue weighted by molar-refractivity contribution is 5.45. The van der Waals surface area contributed by atoms with Gasteiger partial charge in [-0.1, -0.05) is 31.2 Å². The van der Waals surface area contributed by atoms with Gasteiger partial charge in [0, 0.05) is 11.0 Å². The molecule has 2 atom stereocenters. The summed E-state index contributed by atoms with van der Waals surface area (Å²) in [4.78, 5) is 0. The maximum atomic E-state index is 9.87. The lowest BCUT2D eigenvalue weighted by atomic mass is 9.74. The normalized spacial score (nSPS) is 14.5. The van der Waals surface area contributed by atoms with E-state index in [1.807, 2.05) is 42.5 Å². The second-order valence-electron chi connectivity index (χ2n) is 6.40. The summed E-state index contributed by atoms with van der Waals surface area (Å²) in [5, 5.41) is 9.87. The van der Waals surface area contributed by atoms with Gasteiger partial charge >= 0.3 is 0 Å². The van der Waals surface area contributed by atoms with Crippen molar-refractivity contribution < 1.29 is 19.3 Å². The van der Waals surface area contributed by atoms with Crippen LogP contribution in [0.5, 0.6) is 17.2 Å². The van der Waals surface area contributed by atoms with E-state index in [4.69, 9.17) is 19.9 Å². The van der Waals surface area contributed by atoms with Gasteiger partial charge in [-0.3, -0.25) is 0 Å². The number of benzene rings is 2. The molecule has 0 radical (unpaired) electrons. The van der Waals surface area contributed by atoms with Crippen LogP contribution in [0.2, 0.25) is 0 Å². The molecule has 0 aromatic heterocycles. The Bertz CT molecular complexity index is 702. The van der Waals surface area contributed by atoms with Crippen LogP contribution in [0.25, 0.3) is 0 Å². The van der Waals surface area contributed by atoms with Crippen LogP contribution in [0.4, 0.5) is 0 Å². The molecule has 0 aliphatic rings. The summed E-state index contributed by atoms with van der Waals surface area (Å²) in [6.07, 6.45) is 0.152. The quantitative estimate of drug-likeness (QED) is 0.720. The minimum absolute atomic E-state index is 0.402. The smallest absolute Gasteiger partial charge is 0.160 e. The molecule has 3 N–H and O–H groups in total. The molecule has 25 heavy (non-hydrogen) atoms. The zero-order valence-electron chi connectivity index (χ0n) is 15.3. The number of aliphatic hydroxyl groups excluding tert-OH is 1. The predicted molar refractivity (Wildman–Crippen MR) is 98.4 cm³/mol. The highest BCUT2D eigenvalue weighted by Crippen LogP contribution is 2.39. The first-order valence-electron chi connectivity index (χ1n) is 8.21. The Hall–Kier alpha value is -2.24. The first kappa shape index (κ1) is 19.1. The van der Waals surface area contributed by atoms with Gasteiger partial charge in [0.15, 0.2) is 11.5 Å². The van der Waals surface area contributed by atoms with Crippen LogP contribution < -0.4 is 19.9 Å². The summed E-state index contributed by atoms with van der Waals surface area (Å²) in [5.74, 6) is 2.14. The molecule has 0 spiro atoms. The lowest BCUT2D eigenvalue weighted by molar-refractivity contribution is 0.139. The number of hydrogen-bond acceptors (Lipinski definition) is 5. The summed E-state index contributed by atoms with van der Waals surface area (Å²) >= 11 is 0. The zero-order chi connectivity index (χ0) is 18.4. The topological polar surface area (TPSA) is 73.9 Å². The lowest BCUT2D eigenvalue weighted by Gasteiger charge is -2.33. The third-order valence-corrected chi connectivity index (χ3v) is 4.46. The van der Waals surface area contributed by atoms with Gasteiger partial charge in [-0.25, -0.2) is 0 Å². The van der Waals surface area contributed by atoms with E-state index < -0.39 is 11.6 Å². The number of aliphatic hydroxyl groups is 1. The molecule has 0 aliphatic heterocycles. The van der Waals surface area contributed by atoms with Crippen LogP contribution in [-0.2, 0) is 11.8 Å². The molecule has 0 amide bonds. The van der Waals surface area contributed by atoms with E-state index in [-0.39, 0.29) is 0 Å². The van der Waals surface area contributed by atoms with Crippen molar-refractivity contribution in [3.05, 3.63) is 53.6 Å². The fourth-order valence-corrected chi connectivity index (χ4v) is 3.32. The number of methoxy groups -OCH3 is 3. The van der Waals surface area contributed by atoms with E-state index in [0.717, 1.165) is 16.9 Å². The van der Waals surface area contributed by atoms with Crippen LogP contribution in [0.15, 0.2) is 42.5 Å². The highest BCUT2D eigenvalue weighted by Gasteiger charge is 2.32. The molecule has 2 rings (SSSR count). The van der Waals surface area contributed by atoms with Crippen LogP contribution in [0.3, 0.4) is 0 Å². The number of ether oxygens (including phenoxy) is 3. The molecule has 0 saturated heterocycles. The van der Waals surface area contributed by atoms with E-state index in [1.54, 1.807) is 21.3 Å². The Morgan fingerprint density at radius 1 is 0.960 bits per heavy atom. The largest absolute Gasteiger partial charge is 0.496 e. The van der Waals surface area contributed by atoms with Gasteiger partial charge in [0.05, 0.1) is 21.3 Å². The fraction of sp³-hybridized carbons (Fsp3) is 0.400. The Kier molecular flexibility index (Phi) is 6.28. The van der Waals surface area contributed by atoms with E-state index >= 15 is 0 Å². The molecule has 1 unspecified atom stereocenters. The maximum Gasteiger partial charge on any atom is 0.160 e. The lowest BCUT2D eigenvalue weighted by Crippen LogP contribution is -2.34. The highest BCUT2D eigenvalue weighted by atomic mass is 16.5. The van der Waals surface area contributed by atoms with Gasteiger partial charge in [0.1, 0.15) is 12.0 Å². The van der Waals surface area contributed by atoms with Crippen molar-refractivity contribution in [2.45, 2.75) is 31.4 Å². The number of hydrogen-bond donors (Lipinski definition) is 2. The molecule has 0 fully saturated rings. The molecular formula is C20H27NO4. The fourth-order valence-electron chi connectivity index (χ4n) is 3.32. The van der Waals surface area contributed by atoms with Crippen molar-refractivity contribution in [2.24, 2.45) is 5.73 Å². The van der Waals surface area contributed by atoms with Crippen molar-refractivity contribution in [3.8, 4) is 17.2 Å². The van der Waals surface area contributed by atoms with Crippen LogP contribution in [-0.4, -0.2) is 32.7 Å². The van der Waals surface area contributed by atoms with Crippen LogP contribution in [0, 0.1) is 0 Å². The third kappa shape index (κ3) is 4.44. The Balaban J connectivity index is 2.44. The number of para-hydroxylation sites is 1. The van der Waals surface area contributed by atoms with Gasteiger partial charge in [-0.05, 0) is 36.6 Å². The summed E-state index contributed by atoms with van der Waals surface area (Å²) in [6.45, 7) is 2.08. The minimum atomic E-state index is -0.921. The Morgan fingerprint density at radius 3 is 2.20 bits per heavy atom. The molecular weight excluding hydrogens is 318 g/mol. The Morgan fingerprint density at radius 2 is 1.60 bits per heavy atom. The average molecular weight is 345 g/mol. The van der Waals surface area contributed by atoms with Crippen molar-refractivity contribution in [1.29, 1.82) is 0 Å². The van der Waals surface area contributed by atoms with E-state index in [0.29, 0.717) is 24.3 Å². The number of nitrogens with two attached hydrogens (primary N) is 1. The van der Waals surface area contributed by atoms with Crippen LogP contribution >= 0.6 is 0 Å². The minimum Gasteiger partial charge on any atom is -0.496 e. The first-order chi connectivity index (χ1) is 11.9. The predicted octanol–water partition coefficient (Wildman–Crippen LogP) is 2.88. The van der Waals surface area contributed by atoms with Gasteiger partial charge in [-0.15, -0.1) is 0 Å². The van der Waals surface area contributed by atoms with Gasteiger partial charge < -0.3 is 25.1 Å². The maximum absolute atomic E-state index is 9.87. The molecule has 0 saturated carbocycles. The summed E-state index contributed by atoms with van der Waals surface area (Å²) in [7, 11) is 4.88. The van der Waals surface area contributed by atoms with Crippen molar-refractivity contribution in [1.82, 2.24) is 0 Å². The summed E-state index contributed by atoms with van der Waals surface area (Å²) < 4.78 is 16.2. The standard InChI is InChI=1S/C20H27NO4/c1-20(13-19(21)22,15-7-5-6-8-16(15)23-2)12-14-9-10-17(24-3)18(11-14)25-4/h5-11,19,22H,12-13,21H2,1-4H3/t19-,20?/m1/s1. The molecule has 2 aromatic carbocycles. The van der Waals surface area contributed by atoms with Gasteiger partial charge in [0.25, 0.3) is 0 Å². The zero-order valence-corrected chi connectivity index (χ0v) is 15.3. The van der Waals surface area contributed by atoms with E-state index in [1.165, 1.54) is 0 Å². The third-order valence-electron chi connectivity index (χ3n) is 4.46. The van der Waals surface area contributed by atoms with E-state index in [9.17, 15) is 5.11 Å². The molecule has 0 heterocycles. The SMILES string of the molecule is COc1ccc(CC(C)(C[C@H](N)O)c2ccccc2OC)cc1OC.